The first-order valence-corrected chi connectivity index (χ1v) is 10.3. The number of morpholine rings is 1. The van der Waals surface area contributed by atoms with Gasteiger partial charge in [-0.3, -0.25) is 4.79 Å². The highest BCUT2D eigenvalue weighted by Gasteiger charge is 2.26. The Labute approximate surface area is 170 Å². The molecule has 1 saturated heterocycles. The lowest BCUT2D eigenvalue weighted by Gasteiger charge is -2.33. The normalized spacial score (nSPS) is 19.4. The van der Waals surface area contributed by atoms with Gasteiger partial charge in [-0.2, -0.15) is 0 Å². The Hall–Kier alpha value is -2.70. The summed E-state index contributed by atoms with van der Waals surface area (Å²) in [5.41, 5.74) is 8.26. The first kappa shape index (κ1) is 18.3. The molecule has 0 spiro atoms. The van der Waals surface area contributed by atoms with Gasteiger partial charge in [0.25, 0.3) is 0 Å². The number of carbonyl (C=O) groups is 1. The predicted molar refractivity (Wildman–Crippen MR) is 113 cm³/mol. The summed E-state index contributed by atoms with van der Waals surface area (Å²) in [6.07, 6.45) is 4.82. The van der Waals surface area contributed by atoms with Crippen LogP contribution in [0.4, 0.5) is 0 Å². The van der Waals surface area contributed by atoms with Crippen molar-refractivity contribution in [3.8, 4) is 11.1 Å². The maximum absolute atomic E-state index is 12.0. The van der Waals surface area contributed by atoms with E-state index < -0.39 is 0 Å². The van der Waals surface area contributed by atoms with Crippen LogP contribution in [0.5, 0.6) is 0 Å². The predicted octanol–water partition coefficient (Wildman–Crippen LogP) is 3.10. The molecule has 2 aliphatic heterocycles. The third-order valence-electron chi connectivity index (χ3n) is 6.19. The van der Waals surface area contributed by atoms with E-state index in [2.05, 4.69) is 40.4 Å². The minimum atomic E-state index is 0.135. The average molecular weight is 390 g/mol. The fraction of sp³-hybridized carbons (Fsp3) is 0.391. The van der Waals surface area contributed by atoms with Gasteiger partial charge < -0.3 is 19.9 Å². The lowest BCUT2D eigenvalue weighted by molar-refractivity contribution is -0.129. The van der Waals surface area contributed by atoms with Crippen LogP contribution in [0, 0.1) is 6.92 Å². The molecule has 3 aromatic rings. The lowest BCUT2D eigenvalue weighted by Crippen LogP contribution is -2.38. The number of amides is 1. The molecule has 1 atom stereocenters. The van der Waals surface area contributed by atoms with E-state index in [1.54, 1.807) is 6.92 Å². The van der Waals surface area contributed by atoms with Crippen molar-refractivity contribution in [2.24, 2.45) is 0 Å². The molecular formula is C23H26N4O2. The van der Waals surface area contributed by atoms with E-state index in [-0.39, 0.29) is 11.9 Å². The zero-order valence-corrected chi connectivity index (χ0v) is 16.9. The van der Waals surface area contributed by atoms with E-state index >= 15 is 0 Å². The number of aromatic amines is 1. The van der Waals surface area contributed by atoms with Gasteiger partial charge in [0.1, 0.15) is 5.65 Å². The number of H-pyrrole nitrogens is 1. The van der Waals surface area contributed by atoms with Crippen molar-refractivity contribution in [2.75, 3.05) is 26.3 Å². The van der Waals surface area contributed by atoms with Gasteiger partial charge in [0, 0.05) is 49.9 Å². The summed E-state index contributed by atoms with van der Waals surface area (Å²) in [5, 5.41) is 4.75. The zero-order chi connectivity index (χ0) is 20.0. The first-order valence-electron chi connectivity index (χ1n) is 10.3. The van der Waals surface area contributed by atoms with Crippen molar-refractivity contribution in [1.29, 1.82) is 0 Å². The number of nitrogens with one attached hydrogen (secondary N) is 2. The molecule has 1 fully saturated rings. The molecule has 2 aromatic heterocycles. The van der Waals surface area contributed by atoms with Crippen molar-refractivity contribution in [3.05, 3.63) is 52.8 Å². The second-order valence-corrected chi connectivity index (χ2v) is 8.07. The van der Waals surface area contributed by atoms with E-state index in [0.717, 1.165) is 42.7 Å². The molecule has 0 radical (unpaired) electrons. The number of rotatable bonds is 2. The highest BCUT2D eigenvalue weighted by Crippen LogP contribution is 2.34. The van der Waals surface area contributed by atoms with E-state index in [9.17, 15) is 4.79 Å². The number of aromatic nitrogens is 2. The van der Waals surface area contributed by atoms with Crippen LogP contribution >= 0.6 is 0 Å². The second kappa shape index (κ2) is 7.28. The van der Waals surface area contributed by atoms with Gasteiger partial charge in [0.2, 0.25) is 5.91 Å². The SMILES string of the molecule is CC(=O)N1CCc2cc(-c3cnc4[nH]cc(C)c4c3)cc(C3COCCN3)c2C1. The molecule has 4 heterocycles. The van der Waals surface area contributed by atoms with Crippen LogP contribution < -0.4 is 5.32 Å². The Morgan fingerprint density at radius 1 is 1.28 bits per heavy atom. The van der Waals surface area contributed by atoms with Gasteiger partial charge in [0.05, 0.1) is 19.3 Å². The van der Waals surface area contributed by atoms with Crippen LogP contribution in [0.3, 0.4) is 0 Å². The van der Waals surface area contributed by atoms with Crippen molar-refractivity contribution in [1.82, 2.24) is 20.2 Å². The van der Waals surface area contributed by atoms with Crippen LogP contribution in [0.1, 0.15) is 35.2 Å². The van der Waals surface area contributed by atoms with Gasteiger partial charge in [-0.1, -0.05) is 6.07 Å². The van der Waals surface area contributed by atoms with Gasteiger partial charge in [0.15, 0.2) is 0 Å². The highest BCUT2D eigenvalue weighted by atomic mass is 16.5. The number of hydrogen-bond donors (Lipinski definition) is 2. The zero-order valence-electron chi connectivity index (χ0n) is 16.9. The second-order valence-electron chi connectivity index (χ2n) is 8.07. The van der Waals surface area contributed by atoms with Crippen molar-refractivity contribution in [2.45, 2.75) is 32.9 Å². The molecule has 29 heavy (non-hydrogen) atoms. The van der Waals surface area contributed by atoms with Gasteiger partial charge >= 0.3 is 0 Å². The summed E-state index contributed by atoms with van der Waals surface area (Å²) in [5.74, 6) is 0.135. The molecule has 1 aromatic carbocycles. The summed E-state index contributed by atoms with van der Waals surface area (Å²) in [7, 11) is 0. The van der Waals surface area contributed by atoms with E-state index in [1.165, 1.54) is 27.8 Å². The van der Waals surface area contributed by atoms with Crippen LogP contribution in [-0.2, 0) is 22.5 Å². The number of hydrogen-bond acceptors (Lipinski definition) is 4. The molecule has 1 amide bonds. The van der Waals surface area contributed by atoms with E-state index in [0.29, 0.717) is 13.2 Å². The van der Waals surface area contributed by atoms with Crippen molar-refractivity contribution in [3.63, 3.8) is 0 Å². The summed E-state index contributed by atoms with van der Waals surface area (Å²) >= 11 is 0. The van der Waals surface area contributed by atoms with Crippen LogP contribution in [-0.4, -0.2) is 47.1 Å². The summed E-state index contributed by atoms with van der Waals surface area (Å²) < 4.78 is 5.75. The van der Waals surface area contributed by atoms with Crippen molar-refractivity contribution >= 4 is 16.9 Å². The molecule has 2 aliphatic rings. The molecule has 0 bridgehead atoms. The topological polar surface area (TPSA) is 70.2 Å². The minimum absolute atomic E-state index is 0.135. The molecule has 0 aliphatic carbocycles. The monoisotopic (exact) mass is 390 g/mol. The highest BCUT2D eigenvalue weighted by molar-refractivity contribution is 5.84. The maximum atomic E-state index is 12.0. The number of fused-ring (bicyclic) bond motifs is 2. The number of aryl methyl sites for hydroxylation is 1. The number of pyridine rings is 1. The Kier molecular flexibility index (Phi) is 4.60. The molecule has 5 rings (SSSR count). The minimum Gasteiger partial charge on any atom is -0.378 e. The Morgan fingerprint density at radius 3 is 2.97 bits per heavy atom. The summed E-state index contributed by atoms with van der Waals surface area (Å²) in [6, 6.07) is 6.91. The number of benzene rings is 1. The Balaban J connectivity index is 1.62. The molecule has 0 saturated carbocycles. The van der Waals surface area contributed by atoms with Gasteiger partial charge in [-0.25, -0.2) is 4.98 Å². The fourth-order valence-corrected chi connectivity index (χ4v) is 4.50. The smallest absolute Gasteiger partial charge is 0.219 e. The van der Waals surface area contributed by atoms with Crippen LogP contribution in [0.25, 0.3) is 22.2 Å². The number of ether oxygens (including phenoxy) is 1. The number of carbonyl (C=O) groups excluding carboxylic acids is 1. The third-order valence-corrected chi connectivity index (χ3v) is 6.19. The summed E-state index contributed by atoms with van der Waals surface area (Å²) in [4.78, 5) is 21.8. The van der Waals surface area contributed by atoms with Crippen LogP contribution in [0.2, 0.25) is 0 Å². The average Bonchev–Trinajstić information content (AvgIpc) is 3.13. The van der Waals surface area contributed by atoms with Crippen LogP contribution in [0.15, 0.2) is 30.6 Å². The Morgan fingerprint density at radius 2 is 2.17 bits per heavy atom. The molecule has 6 nitrogen and oxygen atoms in total. The molecule has 1 unspecified atom stereocenters. The molecular weight excluding hydrogens is 364 g/mol. The maximum Gasteiger partial charge on any atom is 0.219 e. The third kappa shape index (κ3) is 3.32. The molecule has 6 heteroatoms. The van der Waals surface area contributed by atoms with Crippen molar-refractivity contribution < 1.29 is 9.53 Å². The van der Waals surface area contributed by atoms with E-state index in [1.807, 2.05) is 17.3 Å². The fourth-order valence-electron chi connectivity index (χ4n) is 4.50. The molecule has 2 N–H and O–H groups in total. The first-order chi connectivity index (χ1) is 14.1. The van der Waals surface area contributed by atoms with E-state index in [4.69, 9.17) is 4.74 Å². The number of nitrogens with zero attached hydrogens (tertiary/aromatic N) is 2. The van der Waals surface area contributed by atoms with Gasteiger partial charge in [-0.15, -0.1) is 0 Å². The summed E-state index contributed by atoms with van der Waals surface area (Å²) in [6.45, 7) is 7.44. The van der Waals surface area contributed by atoms with Gasteiger partial charge in [-0.05, 0) is 53.3 Å². The largest absolute Gasteiger partial charge is 0.378 e. The Bertz CT molecular complexity index is 1080. The standard InChI is InChI=1S/C23H26N4O2/c1-14-10-25-23-19(14)9-18(11-26-23)17-7-16-3-5-27(15(2)28)12-21(16)20(8-17)22-13-29-6-4-24-22/h7-11,22,24H,3-6,12-13H2,1-2H3,(H,25,26). The molecule has 150 valence electrons. The lowest BCUT2D eigenvalue weighted by atomic mass is 9.87. The quantitative estimate of drug-likeness (QED) is 0.705.